The minimum absolute atomic E-state index is 0. The Hall–Kier alpha value is -0.740. The van der Waals surface area contributed by atoms with Crippen molar-refractivity contribution in [3.8, 4) is 0 Å². The lowest BCUT2D eigenvalue weighted by Gasteiger charge is -2.01. The van der Waals surface area contributed by atoms with Gasteiger partial charge in [0.15, 0.2) is 24.8 Å². The van der Waals surface area contributed by atoms with Crippen LogP contribution in [0.5, 0.6) is 0 Å². The quantitative estimate of drug-likeness (QED) is 0.298. The number of unbranched alkanes of at least 4 members (excludes halogenated alkanes) is 9. The number of aromatic nitrogens is 2. The van der Waals surface area contributed by atoms with E-state index in [0.29, 0.717) is 0 Å². The molecule has 0 aliphatic heterocycles. The number of halogens is 2. The number of H-pyrrole nitrogens is 1. The van der Waals surface area contributed by atoms with E-state index in [2.05, 4.69) is 47.1 Å². The molecule has 0 bridgehead atoms. The normalized spacial score (nSPS) is 9.27. The Labute approximate surface area is 182 Å². The summed E-state index contributed by atoms with van der Waals surface area (Å²) in [5.74, 6) is 0. The van der Waals surface area contributed by atoms with Crippen LogP contribution in [0.15, 0.2) is 61.2 Å². The summed E-state index contributed by atoms with van der Waals surface area (Å²) >= 11 is 0. The summed E-state index contributed by atoms with van der Waals surface area (Å²) in [6.45, 7) is 3.46. The lowest BCUT2D eigenvalue weighted by molar-refractivity contribution is -0.697. The fourth-order valence-corrected chi connectivity index (χ4v) is 2.71. The van der Waals surface area contributed by atoms with Gasteiger partial charge in [-0.1, -0.05) is 70.4 Å². The molecule has 0 aliphatic carbocycles. The maximum atomic E-state index is 2.89. The Morgan fingerprint density at radius 3 is 1.46 bits per heavy atom. The smallest absolute Gasteiger partial charge is 0.168 e. The summed E-state index contributed by atoms with van der Waals surface area (Å²) in [6.07, 6.45) is 22.2. The highest BCUT2D eigenvalue weighted by molar-refractivity contribution is 4.83. The molecule has 0 aromatic carbocycles. The number of nitrogens with one attached hydrogen (secondary N) is 1. The number of aromatic amines is 1. The van der Waals surface area contributed by atoms with Crippen LogP contribution in [0.4, 0.5) is 0 Å². The van der Waals surface area contributed by atoms with Gasteiger partial charge in [0.25, 0.3) is 0 Å². The van der Waals surface area contributed by atoms with Crippen LogP contribution in [0.2, 0.25) is 0 Å². The maximum absolute atomic E-state index is 2.89. The molecule has 0 spiro atoms. The van der Waals surface area contributed by atoms with Gasteiger partial charge < -0.3 is 34.0 Å². The third-order valence-corrected chi connectivity index (χ3v) is 4.15. The summed E-state index contributed by atoms with van der Waals surface area (Å²) in [7, 11) is 0. The average Bonchev–Trinajstić information content (AvgIpc) is 2.66. The molecule has 2 heterocycles. The molecule has 4 heteroatoms. The minimum atomic E-state index is 0. The van der Waals surface area contributed by atoms with Gasteiger partial charge in [-0.05, 0) is 6.42 Å². The molecule has 2 aromatic rings. The summed E-state index contributed by atoms with van der Waals surface area (Å²) in [6, 6.07) is 12.2. The van der Waals surface area contributed by atoms with E-state index >= 15 is 0 Å². The molecule has 1 N–H and O–H groups in total. The summed E-state index contributed by atoms with van der Waals surface area (Å²) in [4.78, 5) is 2.89. The highest BCUT2D eigenvalue weighted by atomic mass is 79.9. The van der Waals surface area contributed by atoms with Crippen LogP contribution in [0.3, 0.4) is 0 Å². The van der Waals surface area contributed by atoms with Gasteiger partial charge in [-0.3, -0.25) is 0 Å². The van der Waals surface area contributed by atoms with Gasteiger partial charge in [0.05, 0.1) is 0 Å². The summed E-state index contributed by atoms with van der Waals surface area (Å²) in [5, 5.41) is 0. The van der Waals surface area contributed by atoms with Gasteiger partial charge in [0.2, 0.25) is 0 Å². The van der Waals surface area contributed by atoms with Crippen molar-refractivity contribution in [2.24, 2.45) is 0 Å². The molecule has 0 aliphatic rings. The molecule has 0 saturated carbocycles. The first-order valence-electron chi connectivity index (χ1n) is 9.78. The Bertz CT molecular complexity index is 439. The van der Waals surface area contributed by atoms with Crippen molar-refractivity contribution in [3.63, 3.8) is 0 Å². The van der Waals surface area contributed by atoms with Crippen LogP contribution in [0.1, 0.15) is 71.1 Å². The minimum Gasteiger partial charge on any atom is -1.00 e. The summed E-state index contributed by atoms with van der Waals surface area (Å²) < 4.78 is 2.28. The van der Waals surface area contributed by atoms with Crippen molar-refractivity contribution >= 4 is 0 Å². The lowest BCUT2D eigenvalue weighted by Crippen LogP contribution is -3.00. The highest BCUT2D eigenvalue weighted by Crippen LogP contribution is 2.10. The van der Waals surface area contributed by atoms with Gasteiger partial charge in [0, 0.05) is 30.7 Å². The fourth-order valence-electron chi connectivity index (χ4n) is 2.71. The first-order valence-corrected chi connectivity index (χ1v) is 9.78. The molecule has 2 nitrogen and oxygen atoms in total. The van der Waals surface area contributed by atoms with E-state index in [0.717, 1.165) is 0 Å². The van der Waals surface area contributed by atoms with Crippen LogP contribution in [-0.4, -0.2) is 0 Å². The number of hydrogen-bond acceptors (Lipinski definition) is 0. The van der Waals surface area contributed by atoms with Gasteiger partial charge in [-0.15, -0.1) is 0 Å². The molecular formula is C22H36Br2N2. The molecule has 2 aromatic heterocycles. The van der Waals surface area contributed by atoms with Crippen LogP contribution >= 0.6 is 0 Å². The SMILES string of the molecule is CCCCCCCCCCCC[n+]1ccccc1.[Br-].[Br-].c1cc[nH+]cc1. The number of aryl methyl sites for hydroxylation is 1. The topological polar surface area (TPSA) is 18.0 Å². The van der Waals surface area contributed by atoms with Crippen LogP contribution in [-0.2, 0) is 6.54 Å². The number of rotatable bonds is 11. The van der Waals surface area contributed by atoms with E-state index in [-0.39, 0.29) is 34.0 Å². The maximum Gasteiger partial charge on any atom is 0.168 e. The predicted octanol–water partition coefficient (Wildman–Crippen LogP) is -0.596. The number of hydrogen-bond donors (Lipinski definition) is 0. The van der Waals surface area contributed by atoms with E-state index in [9.17, 15) is 0 Å². The zero-order valence-electron chi connectivity index (χ0n) is 16.3. The highest BCUT2D eigenvalue weighted by Gasteiger charge is 1.97. The molecule has 148 valence electrons. The van der Waals surface area contributed by atoms with E-state index in [1.54, 1.807) is 0 Å². The van der Waals surface area contributed by atoms with E-state index in [1.165, 1.54) is 70.8 Å². The van der Waals surface area contributed by atoms with Crippen LogP contribution in [0.25, 0.3) is 0 Å². The van der Waals surface area contributed by atoms with Crippen molar-refractivity contribution in [3.05, 3.63) is 61.2 Å². The first kappa shape index (κ1) is 27.5. The average molecular weight is 488 g/mol. The van der Waals surface area contributed by atoms with Crippen molar-refractivity contribution in [2.45, 2.75) is 77.7 Å². The third-order valence-electron chi connectivity index (χ3n) is 4.15. The predicted molar refractivity (Wildman–Crippen MR) is 101 cm³/mol. The Morgan fingerprint density at radius 2 is 1.04 bits per heavy atom. The van der Waals surface area contributed by atoms with E-state index in [4.69, 9.17) is 0 Å². The van der Waals surface area contributed by atoms with Crippen molar-refractivity contribution < 1.29 is 43.5 Å². The number of nitrogens with zero attached hydrogens (tertiary/aromatic N) is 1. The molecule has 0 atom stereocenters. The number of pyridine rings is 2. The van der Waals surface area contributed by atoms with E-state index < -0.39 is 0 Å². The standard InChI is InChI=1S/C17H30N.C5H5N.2BrH/c1-2-3-4-5-6-7-8-9-10-12-15-18-16-13-11-14-17-18;1-2-4-6-5-3-1;;/h11,13-14,16-17H,2-10,12,15H2,1H3;1-5H;2*1H/q+1;;;/p-1. The monoisotopic (exact) mass is 486 g/mol. The molecular weight excluding hydrogens is 452 g/mol. The van der Waals surface area contributed by atoms with Crippen molar-refractivity contribution in [1.82, 2.24) is 0 Å². The summed E-state index contributed by atoms with van der Waals surface area (Å²) in [5.41, 5.74) is 0. The molecule has 0 saturated heterocycles. The van der Waals surface area contributed by atoms with Crippen LogP contribution in [0, 0.1) is 0 Å². The molecule has 0 radical (unpaired) electrons. The molecule has 0 amide bonds. The zero-order valence-corrected chi connectivity index (χ0v) is 19.4. The van der Waals surface area contributed by atoms with Crippen molar-refractivity contribution in [1.29, 1.82) is 0 Å². The van der Waals surface area contributed by atoms with E-state index in [1.807, 2.05) is 30.6 Å². The fraction of sp³-hybridized carbons (Fsp3) is 0.545. The first-order chi connectivity index (χ1) is 11.9. The van der Waals surface area contributed by atoms with Crippen LogP contribution < -0.4 is 43.5 Å². The second-order valence-corrected chi connectivity index (χ2v) is 6.37. The van der Waals surface area contributed by atoms with Crippen molar-refractivity contribution in [2.75, 3.05) is 0 Å². The molecule has 0 unspecified atom stereocenters. The Morgan fingerprint density at radius 1 is 0.577 bits per heavy atom. The van der Waals surface area contributed by atoms with Gasteiger partial charge in [-0.2, -0.15) is 0 Å². The second kappa shape index (κ2) is 22.3. The lowest BCUT2D eigenvalue weighted by atomic mass is 10.1. The largest absolute Gasteiger partial charge is 1.00 e. The zero-order chi connectivity index (χ0) is 17.1. The Kier molecular flexibility index (Phi) is 23.6. The molecule has 26 heavy (non-hydrogen) atoms. The van der Waals surface area contributed by atoms with Gasteiger partial charge >= 0.3 is 0 Å². The van der Waals surface area contributed by atoms with Gasteiger partial charge in [0.1, 0.15) is 6.54 Å². The molecule has 0 fully saturated rings. The Balaban J connectivity index is 0. The molecule has 2 rings (SSSR count). The third kappa shape index (κ3) is 18.1. The second-order valence-electron chi connectivity index (χ2n) is 6.37. The van der Waals surface area contributed by atoms with Gasteiger partial charge in [-0.25, -0.2) is 9.55 Å².